The number of amidine groups is 1. The molecular weight excluding hydrogens is 228 g/mol. The van der Waals surface area contributed by atoms with Gasteiger partial charge in [0.05, 0.1) is 5.84 Å². The molecule has 92 valence electrons. The van der Waals surface area contributed by atoms with Gasteiger partial charge in [-0.05, 0) is 25.2 Å². The van der Waals surface area contributed by atoms with Crippen LogP contribution in [0.3, 0.4) is 0 Å². The van der Waals surface area contributed by atoms with Crippen molar-refractivity contribution in [3.05, 3.63) is 0 Å². The van der Waals surface area contributed by atoms with Crippen molar-refractivity contribution >= 4 is 24.2 Å². The fourth-order valence-corrected chi connectivity index (χ4v) is 2.68. The molecule has 2 aliphatic rings. The van der Waals surface area contributed by atoms with E-state index in [0.717, 1.165) is 32.1 Å². The van der Waals surface area contributed by atoms with Gasteiger partial charge in [-0.15, -0.1) is 12.4 Å². The van der Waals surface area contributed by atoms with Crippen molar-refractivity contribution in [2.45, 2.75) is 51.2 Å². The monoisotopic (exact) mass is 246 g/mol. The minimum Gasteiger partial charge on any atom is -0.462 e. The number of hydrogen-bond acceptors (Lipinski definition) is 3. The Bertz CT molecular complexity index is 283. The predicted octanol–water partition coefficient (Wildman–Crippen LogP) is 1.87. The Hall–Kier alpha value is -0.770. The summed E-state index contributed by atoms with van der Waals surface area (Å²) in [6, 6.07) is 0.351. The molecule has 1 unspecified atom stereocenters. The number of ether oxygens (including phenoxy) is 1. The first-order chi connectivity index (χ1) is 7.15. The van der Waals surface area contributed by atoms with Gasteiger partial charge in [-0.1, -0.05) is 0 Å². The van der Waals surface area contributed by atoms with Crippen LogP contribution < -0.4 is 5.32 Å². The number of esters is 1. The summed E-state index contributed by atoms with van der Waals surface area (Å²) < 4.78 is 5.23. The number of rotatable bonds is 1. The number of fused-ring (bicyclic) bond motifs is 1. The Balaban J connectivity index is 0.00000128. The molecule has 2 fully saturated rings. The van der Waals surface area contributed by atoms with E-state index < -0.39 is 0 Å². The number of nitrogens with one attached hydrogen (secondary N) is 2. The second-order valence-electron chi connectivity index (χ2n) is 4.57. The normalized spacial score (nSPS) is 33.1. The molecule has 1 aliphatic carbocycles. The third-order valence-electron chi connectivity index (χ3n) is 3.40. The topological polar surface area (TPSA) is 62.2 Å². The molecule has 0 amide bonds. The summed E-state index contributed by atoms with van der Waals surface area (Å²) in [4.78, 5) is 10.9. The molecule has 0 aromatic rings. The van der Waals surface area contributed by atoms with E-state index in [1.54, 1.807) is 0 Å². The van der Waals surface area contributed by atoms with E-state index in [1.807, 2.05) is 0 Å². The summed E-state index contributed by atoms with van der Waals surface area (Å²) in [7, 11) is 0. The first kappa shape index (κ1) is 13.3. The highest BCUT2D eigenvalue weighted by atomic mass is 35.5. The van der Waals surface area contributed by atoms with E-state index >= 15 is 0 Å². The lowest BCUT2D eigenvalue weighted by molar-refractivity contribution is -0.148. The van der Waals surface area contributed by atoms with Crippen LogP contribution in [-0.2, 0) is 9.53 Å². The quantitative estimate of drug-likeness (QED) is 0.695. The van der Waals surface area contributed by atoms with E-state index in [-0.39, 0.29) is 24.5 Å². The van der Waals surface area contributed by atoms with Gasteiger partial charge in [0, 0.05) is 25.8 Å². The Kier molecular flexibility index (Phi) is 4.59. The highest BCUT2D eigenvalue weighted by molar-refractivity contribution is 5.85. The average molecular weight is 247 g/mol. The highest BCUT2D eigenvalue weighted by Crippen LogP contribution is 2.32. The van der Waals surface area contributed by atoms with Crippen LogP contribution in [0, 0.1) is 11.3 Å². The van der Waals surface area contributed by atoms with Crippen molar-refractivity contribution < 1.29 is 9.53 Å². The molecule has 3 atom stereocenters. The van der Waals surface area contributed by atoms with Crippen molar-refractivity contribution in [2.75, 3.05) is 0 Å². The van der Waals surface area contributed by atoms with Gasteiger partial charge in [0.2, 0.25) is 0 Å². The van der Waals surface area contributed by atoms with Gasteiger partial charge < -0.3 is 10.1 Å². The molecule has 0 aromatic carbocycles. The van der Waals surface area contributed by atoms with Crippen LogP contribution in [-0.4, -0.2) is 24.0 Å². The van der Waals surface area contributed by atoms with Crippen LogP contribution in [0.25, 0.3) is 0 Å². The summed E-state index contributed by atoms with van der Waals surface area (Å²) in [5, 5.41) is 10.8. The number of halogens is 1. The highest BCUT2D eigenvalue weighted by Gasteiger charge is 2.34. The van der Waals surface area contributed by atoms with E-state index in [2.05, 4.69) is 5.32 Å². The molecule has 0 radical (unpaired) electrons. The Morgan fingerprint density at radius 1 is 1.44 bits per heavy atom. The molecule has 1 aliphatic heterocycles. The lowest BCUT2D eigenvalue weighted by atomic mass is 9.78. The fourth-order valence-electron chi connectivity index (χ4n) is 2.68. The molecule has 0 aromatic heterocycles. The third-order valence-corrected chi connectivity index (χ3v) is 3.40. The van der Waals surface area contributed by atoms with Crippen LogP contribution >= 0.6 is 12.4 Å². The first-order valence-electron chi connectivity index (χ1n) is 5.66. The minimum atomic E-state index is -0.190. The molecule has 2 N–H and O–H groups in total. The Morgan fingerprint density at radius 2 is 2.19 bits per heavy atom. The van der Waals surface area contributed by atoms with Gasteiger partial charge >= 0.3 is 5.97 Å². The van der Waals surface area contributed by atoms with Crippen LogP contribution in [0.2, 0.25) is 0 Å². The number of hydrogen-bond donors (Lipinski definition) is 2. The predicted molar refractivity (Wildman–Crippen MR) is 64.0 cm³/mol. The van der Waals surface area contributed by atoms with Crippen LogP contribution in [0.4, 0.5) is 0 Å². The van der Waals surface area contributed by atoms with Crippen LogP contribution in [0.5, 0.6) is 0 Å². The van der Waals surface area contributed by atoms with Gasteiger partial charge in [-0.3, -0.25) is 10.2 Å². The Morgan fingerprint density at radius 3 is 2.88 bits per heavy atom. The molecule has 0 spiro atoms. The SMILES string of the molecule is CC(=O)OC1CC[C@@H]2CCC(=N)N[C@H]2C1.Cl. The fraction of sp³-hybridized carbons (Fsp3) is 0.818. The van der Waals surface area contributed by atoms with Crippen molar-refractivity contribution in [1.29, 1.82) is 5.41 Å². The lowest BCUT2D eigenvalue weighted by Crippen LogP contribution is -2.49. The zero-order chi connectivity index (χ0) is 10.8. The molecule has 1 saturated heterocycles. The maximum Gasteiger partial charge on any atom is 0.302 e. The van der Waals surface area contributed by atoms with Gasteiger partial charge in [-0.2, -0.15) is 0 Å². The molecule has 4 nitrogen and oxygen atoms in total. The number of carbonyl (C=O) groups excluding carboxylic acids is 1. The minimum absolute atomic E-state index is 0. The second-order valence-corrected chi connectivity index (χ2v) is 4.57. The summed E-state index contributed by atoms with van der Waals surface area (Å²) in [6.07, 6.45) is 5.01. The molecule has 16 heavy (non-hydrogen) atoms. The van der Waals surface area contributed by atoms with Gasteiger partial charge in [0.15, 0.2) is 0 Å². The van der Waals surface area contributed by atoms with Crippen molar-refractivity contribution in [2.24, 2.45) is 5.92 Å². The van der Waals surface area contributed by atoms with Crippen LogP contribution in [0.15, 0.2) is 0 Å². The molecule has 1 saturated carbocycles. The molecular formula is C11H19ClN2O2. The third kappa shape index (κ3) is 3.11. The first-order valence-corrected chi connectivity index (χ1v) is 5.66. The van der Waals surface area contributed by atoms with Crippen molar-refractivity contribution in [3.63, 3.8) is 0 Å². The summed E-state index contributed by atoms with van der Waals surface area (Å²) in [5.41, 5.74) is 0. The molecule has 2 rings (SSSR count). The lowest BCUT2D eigenvalue weighted by Gasteiger charge is -2.39. The average Bonchev–Trinajstić information content (AvgIpc) is 2.16. The van der Waals surface area contributed by atoms with E-state index in [0.29, 0.717) is 17.8 Å². The second kappa shape index (κ2) is 5.53. The molecule has 5 heteroatoms. The van der Waals surface area contributed by atoms with E-state index in [1.165, 1.54) is 6.92 Å². The number of carbonyl (C=O) groups is 1. The summed E-state index contributed by atoms with van der Waals surface area (Å²) in [5.74, 6) is 1.12. The van der Waals surface area contributed by atoms with Crippen molar-refractivity contribution in [1.82, 2.24) is 5.32 Å². The van der Waals surface area contributed by atoms with Gasteiger partial charge in [0.25, 0.3) is 0 Å². The van der Waals surface area contributed by atoms with E-state index in [4.69, 9.17) is 10.1 Å². The summed E-state index contributed by atoms with van der Waals surface area (Å²) in [6.45, 7) is 1.46. The van der Waals surface area contributed by atoms with Gasteiger partial charge in [0.1, 0.15) is 6.10 Å². The Labute approximate surface area is 102 Å². The zero-order valence-corrected chi connectivity index (χ0v) is 10.3. The maximum absolute atomic E-state index is 10.9. The zero-order valence-electron chi connectivity index (χ0n) is 9.49. The van der Waals surface area contributed by atoms with Gasteiger partial charge in [-0.25, -0.2) is 0 Å². The summed E-state index contributed by atoms with van der Waals surface area (Å²) >= 11 is 0. The molecule has 0 bridgehead atoms. The van der Waals surface area contributed by atoms with Crippen LogP contribution in [0.1, 0.15) is 39.0 Å². The number of piperidine rings is 1. The maximum atomic E-state index is 10.9. The molecule has 1 heterocycles. The smallest absolute Gasteiger partial charge is 0.302 e. The van der Waals surface area contributed by atoms with E-state index in [9.17, 15) is 4.79 Å². The largest absolute Gasteiger partial charge is 0.462 e. The standard InChI is InChI=1S/C11H18N2O2.ClH/c1-7(14)15-9-4-2-8-3-5-11(12)13-10(8)6-9;/h8-10H,2-6H2,1H3,(H2,12,13);1H/t8-,9?,10+;/m1./s1. The van der Waals surface area contributed by atoms with Crippen molar-refractivity contribution in [3.8, 4) is 0 Å².